The molecule has 11 heteroatoms. The Kier molecular flexibility index (Phi) is 4.81. The van der Waals surface area contributed by atoms with Crippen LogP contribution in [-0.4, -0.2) is 46.2 Å². The van der Waals surface area contributed by atoms with E-state index in [1.165, 1.54) is 0 Å². The Morgan fingerprint density at radius 2 is 1.23 bits per heavy atom. The first-order valence-electron chi connectivity index (χ1n) is 2.76. The molecule has 0 aliphatic heterocycles. The molecule has 0 aliphatic carbocycles. The summed E-state index contributed by atoms with van der Waals surface area (Å²) in [5.41, 5.74) is 0. The summed E-state index contributed by atoms with van der Waals surface area (Å²) < 4.78 is 63.1. The van der Waals surface area contributed by atoms with Gasteiger partial charge in [0.2, 0.25) is 0 Å². The van der Waals surface area contributed by atoms with Crippen LogP contribution in [0.25, 0.3) is 0 Å². The van der Waals surface area contributed by atoms with Gasteiger partial charge in [0.1, 0.15) is 0 Å². The maximum Gasteiger partial charge on any atom is 0.396 e. The Balaban J connectivity index is 3.50. The third-order valence-corrected chi connectivity index (χ3v) is 1.54. The van der Waals surface area contributed by atoms with E-state index >= 15 is 0 Å². The Hall–Kier alpha value is -0.195. The molecule has 2 N–H and O–H groups in total. The topological polar surface area (TPSA) is 127 Å². The lowest BCUT2D eigenvalue weighted by Crippen LogP contribution is -2.17. The van der Waals surface area contributed by atoms with Gasteiger partial charge in [-0.3, -0.25) is 17.5 Å². The molecule has 0 aromatic rings. The van der Waals surface area contributed by atoms with Crippen molar-refractivity contribution in [2.45, 2.75) is 0 Å². The van der Waals surface area contributed by atoms with E-state index in [-0.39, 0.29) is 0 Å². The highest BCUT2D eigenvalue weighted by Gasteiger charge is 2.07. The van der Waals surface area contributed by atoms with Gasteiger partial charge in [-0.25, -0.2) is 0 Å². The van der Waals surface area contributed by atoms with Crippen LogP contribution in [0.3, 0.4) is 0 Å². The largest absolute Gasteiger partial charge is 0.396 e. The van der Waals surface area contributed by atoms with E-state index in [4.69, 9.17) is 9.11 Å². The molecule has 8 nitrogen and oxygen atoms in total. The maximum atomic E-state index is 9.90. The minimum atomic E-state index is -4.54. The number of rotatable bonds is 6. The molecule has 0 saturated heterocycles. The van der Waals surface area contributed by atoms with Gasteiger partial charge in [0, 0.05) is 13.0 Å². The molecular formula is C2H6BO8S2. The van der Waals surface area contributed by atoms with Crippen molar-refractivity contribution >= 4 is 28.1 Å². The molecule has 0 bridgehead atoms. The molecule has 13 heavy (non-hydrogen) atoms. The fourth-order valence-electron chi connectivity index (χ4n) is 0.316. The summed E-state index contributed by atoms with van der Waals surface area (Å²) in [5.74, 6) is 0. The molecule has 0 rings (SSSR count). The predicted molar refractivity (Wildman–Crippen MR) is 40.8 cm³/mol. The first kappa shape index (κ1) is 12.8. The van der Waals surface area contributed by atoms with Crippen LogP contribution in [0.15, 0.2) is 0 Å². The molecule has 0 fully saturated rings. The molecule has 0 aromatic carbocycles. The average Bonchev–Trinajstić information content (AvgIpc) is 1.81. The van der Waals surface area contributed by atoms with E-state index < -0.39 is 33.8 Å². The van der Waals surface area contributed by atoms with Gasteiger partial charge in [-0.15, -0.1) is 0 Å². The van der Waals surface area contributed by atoms with Gasteiger partial charge in [0.25, 0.3) is 0 Å². The zero-order chi connectivity index (χ0) is 10.5. The molecule has 77 valence electrons. The Bertz CT molecular complexity index is 293. The van der Waals surface area contributed by atoms with Crippen LogP contribution >= 0.6 is 0 Å². The van der Waals surface area contributed by atoms with Crippen LogP contribution in [0.2, 0.25) is 0 Å². The van der Waals surface area contributed by atoms with Crippen LogP contribution in [0.1, 0.15) is 0 Å². The molecular weight excluding hydrogens is 227 g/mol. The minimum Gasteiger partial charge on any atom is -0.264 e. The molecule has 0 atom stereocenters. The second-order valence-electron chi connectivity index (χ2n) is 1.71. The van der Waals surface area contributed by atoms with Crippen LogP contribution < -0.4 is 0 Å². The highest BCUT2D eigenvalue weighted by Crippen LogP contribution is 1.86. The van der Waals surface area contributed by atoms with Gasteiger partial charge < -0.3 is 0 Å². The normalized spacial score (nSPS) is 12.8. The molecule has 0 amide bonds. The first-order chi connectivity index (χ1) is 5.71. The summed E-state index contributed by atoms with van der Waals surface area (Å²) in [6, 6.07) is 0. The molecule has 0 unspecified atom stereocenters. The zero-order valence-electron chi connectivity index (χ0n) is 6.15. The van der Waals surface area contributed by atoms with Gasteiger partial charge in [-0.2, -0.15) is 16.8 Å². The van der Waals surface area contributed by atoms with Crippen molar-refractivity contribution in [2.24, 2.45) is 0 Å². The average molecular weight is 233 g/mol. The standard InChI is InChI=1S/C2H6BO8S2/c4-12(5,6)10-1-3-2-11-13(7,8)9/h1-2H2,(H,4,5,6)(H,7,8,9). The van der Waals surface area contributed by atoms with Crippen molar-refractivity contribution in [3.8, 4) is 0 Å². The molecule has 0 aliphatic rings. The van der Waals surface area contributed by atoms with Gasteiger partial charge in [0.05, 0.1) is 0 Å². The van der Waals surface area contributed by atoms with Crippen LogP contribution in [0.5, 0.6) is 0 Å². The molecule has 0 spiro atoms. The molecule has 0 heterocycles. The first-order valence-corrected chi connectivity index (χ1v) is 5.49. The van der Waals surface area contributed by atoms with Gasteiger partial charge in [0.15, 0.2) is 7.28 Å². The summed E-state index contributed by atoms with van der Waals surface area (Å²) in [7, 11) is -8.15. The van der Waals surface area contributed by atoms with Gasteiger partial charge in [-0.1, -0.05) is 0 Å². The van der Waals surface area contributed by atoms with E-state index in [1.807, 2.05) is 0 Å². The Morgan fingerprint density at radius 3 is 1.46 bits per heavy atom. The van der Waals surface area contributed by atoms with Gasteiger partial charge in [-0.05, 0) is 0 Å². The smallest absolute Gasteiger partial charge is 0.264 e. The highest BCUT2D eigenvalue weighted by molar-refractivity contribution is 7.81. The monoisotopic (exact) mass is 233 g/mol. The Labute approximate surface area is 76.0 Å². The molecule has 0 saturated carbocycles. The van der Waals surface area contributed by atoms with Crippen molar-refractivity contribution in [3.05, 3.63) is 0 Å². The summed E-state index contributed by atoms with van der Waals surface area (Å²) in [6.07, 6.45) is 0. The van der Waals surface area contributed by atoms with E-state index in [9.17, 15) is 16.8 Å². The van der Waals surface area contributed by atoms with E-state index in [1.54, 1.807) is 0 Å². The third-order valence-electron chi connectivity index (χ3n) is 0.670. The van der Waals surface area contributed by atoms with Gasteiger partial charge >= 0.3 is 20.8 Å². The fourth-order valence-corrected chi connectivity index (χ4v) is 0.853. The second-order valence-corrected chi connectivity index (χ2v) is 3.90. The Morgan fingerprint density at radius 1 is 0.923 bits per heavy atom. The zero-order valence-corrected chi connectivity index (χ0v) is 7.78. The van der Waals surface area contributed by atoms with Crippen LogP contribution in [-0.2, 0) is 29.2 Å². The third kappa shape index (κ3) is 11.8. The lowest BCUT2D eigenvalue weighted by molar-refractivity contribution is 0.294. The molecule has 0 aromatic heterocycles. The summed E-state index contributed by atoms with van der Waals surface area (Å²) in [5, 5.41) is 0. The fraction of sp³-hybridized carbons (Fsp3) is 1.00. The lowest BCUT2D eigenvalue weighted by Gasteiger charge is -1.98. The van der Waals surface area contributed by atoms with Crippen molar-refractivity contribution < 1.29 is 34.3 Å². The lowest BCUT2D eigenvalue weighted by atomic mass is 9.82. The van der Waals surface area contributed by atoms with Crippen molar-refractivity contribution in [1.29, 1.82) is 0 Å². The predicted octanol–water partition coefficient (Wildman–Crippen LogP) is -1.76. The highest BCUT2D eigenvalue weighted by atomic mass is 32.3. The summed E-state index contributed by atoms with van der Waals surface area (Å²) >= 11 is 0. The maximum absolute atomic E-state index is 9.90. The summed E-state index contributed by atoms with van der Waals surface area (Å²) in [6.45, 7) is -1.12. The van der Waals surface area contributed by atoms with E-state index in [2.05, 4.69) is 8.37 Å². The van der Waals surface area contributed by atoms with Crippen molar-refractivity contribution in [1.82, 2.24) is 0 Å². The number of hydrogen-bond donors (Lipinski definition) is 2. The van der Waals surface area contributed by atoms with E-state index in [0.717, 1.165) is 7.28 Å². The molecule has 1 radical (unpaired) electrons. The van der Waals surface area contributed by atoms with Crippen molar-refractivity contribution in [2.75, 3.05) is 13.0 Å². The minimum absolute atomic E-state index is 0.561. The number of hydrogen-bond acceptors (Lipinski definition) is 6. The SMILES string of the molecule is O=S(=O)(O)OC[B]COS(=O)(=O)O. The quantitative estimate of drug-likeness (QED) is 0.314. The second kappa shape index (κ2) is 4.88. The van der Waals surface area contributed by atoms with Crippen LogP contribution in [0, 0.1) is 0 Å². The van der Waals surface area contributed by atoms with Crippen molar-refractivity contribution in [3.63, 3.8) is 0 Å². The summed E-state index contributed by atoms with van der Waals surface area (Å²) in [4.78, 5) is 0. The van der Waals surface area contributed by atoms with E-state index in [0.29, 0.717) is 0 Å². The van der Waals surface area contributed by atoms with Crippen LogP contribution in [0.4, 0.5) is 0 Å².